The number of nitrogens with zero attached hydrogens (tertiary/aromatic N) is 2. The SMILES string of the molecule is CN(Cc1ccccc1)Cc1nc(-c2cc(C(C)(C)C)c(O)c(C(C)(C)C)c2)cs1. The number of rotatable bonds is 5. The van der Waals surface area contributed by atoms with Gasteiger partial charge in [-0.1, -0.05) is 71.9 Å². The molecule has 160 valence electrons. The van der Waals surface area contributed by atoms with E-state index in [1.165, 1.54) is 5.56 Å². The van der Waals surface area contributed by atoms with Gasteiger partial charge in [0.1, 0.15) is 10.8 Å². The monoisotopic (exact) mass is 422 g/mol. The molecule has 0 saturated heterocycles. The van der Waals surface area contributed by atoms with Crippen molar-refractivity contribution in [1.82, 2.24) is 9.88 Å². The van der Waals surface area contributed by atoms with E-state index in [9.17, 15) is 5.11 Å². The van der Waals surface area contributed by atoms with Crippen LogP contribution in [0.4, 0.5) is 0 Å². The molecule has 1 heterocycles. The second kappa shape index (κ2) is 8.52. The van der Waals surface area contributed by atoms with Crippen LogP contribution in [0.1, 0.15) is 63.2 Å². The largest absolute Gasteiger partial charge is 0.507 e. The van der Waals surface area contributed by atoms with Gasteiger partial charge in [0.15, 0.2) is 0 Å². The Morgan fingerprint density at radius 2 is 1.47 bits per heavy atom. The molecule has 0 fully saturated rings. The highest BCUT2D eigenvalue weighted by atomic mass is 32.1. The lowest BCUT2D eigenvalue weighted by atomic mass is 9.78. The summed E-state index contributed by atoms with van der Waals surface area (Å²) in [6.45, 7) is 14.6. The lowest BCUT2D eigenvalue weighted by molar-refractivity contribution is 0.318. The highest BCUT2D eigenvalue weighted by molar-refractivity contribution is 7.09. The van der Waals surface area contributed by atoms with Crippen LogP contribution < -0.4 is 0 Å². The molecule has 1 aromatic heterocycles. The Hall–Kier alpha value is -2.17. The number of aromatic nitrogens is 1. The van der Waals surface area contributed by atoms with Crippen LogP contribution in [0.3, 0.4) is 0 Å². The molecule has 0 unspecified atom stereocenters. The van der Waals surface area contributed by atoms with Crippen LogP contribution in [0, 0.1) is 0 Å². The van der Waals surface area contributed by atoms with Crippen molar-refractivity contribution >= 4 is 11.3 Å². The van der Waals surface area contributed by atoms with Crippen molar-refractivity contribution in [3.05, 3.63) is 69.5 Å². The topological polar surface area (TPSA) is 36.4 Å². The first-order chi connectivity index (χ1) is 13.9. The summed E-state index contributed by atoms with van der Waals surface area (Å²) in [7, 11) is 2.13. The second-order valence-corrected chi connectivity index (χ2v) is 11.1. The summed E-state index contributed by atoms with van der Waals surface area (Å²) in [5.74, 6) is 0.414. The molecule has 30 heavy (non-hydrogen) atoms. The zero-order valence-corrected chi connectivity index (χ0v) is 20.1. The van der Waals surface area contributed by atoms with Gasteiger partial charge in [0.25, 0.3) is 0 Å². The zero-order valence-electron chi connectivity index (χ0n) is 19.3. The summed E-state index contributed by atoms with van der Waals surface area (Å²) in [5.41, 5.74) is 5.03. The fraction of sp³-hybridized carbons (Fsp3) is 0.423. The lowest BCUT2D eigenvalue weighted by Gasteiger charge is -2.28. The summed E-state index contributed by atoms with van der Waals surface area (Å²) in [5, 5.41) is 14.2. The van der Waals surface area contributed by atoms with Gasteiger partial charge < -0.3 is 5.11 Å². The average molecular weight is 423 g/mol. The molecular formula is C26H34N2OS. The van der Waals surface area contributed by atoms with E-state index in [0.29, 0.717) is 5.75 Å². The van der Waals surface area contributed by atoms with Crippen molar-refractivity contribution in [3.8, 4) is 17.0 Å². The van der Waals surface area contributed by atoms with E-state index in [4.69, 9.17) is 4.98 Å². The molecule has 3 rings (SSSR count). The molecule has 2 aromatic carbocycles. The van der Waals surface area contributed by atoms with Crippen molar-refractivity contribution in [2.45, 2.75) is 65.5 Å². The van der Waals surface area contributed by atoms with Gasteiger partial charge in [0.2, 0.25) is 0 Å². The molecule has 0 atom stereocenters. The number of phenolic OH excluding ortho intramolecular Hbond substituents is 1. The van der Waals surface area contributed by atoms with Gasteiger partial charge in [-0.05, 0) is 35.6 Å². The zero-order chi connectivity index (χ0) is 22.1. The summed E-state index contributed by atoms with van der Waals surface area (Å²) in [6, 6.07) is 14.7. The van der Waals surface area contributed by atoms with E-state index in [0.717, 1.165) is 40.5 Å². The number of hydrogen-bond acceptors (Lipinski definition) is 4. The van der Waals surface area contributed by atoms with Crippen molar-refractivity contribution < 1.29 is 5.11 Å². The van der Waals surface area contributed by atoms with Gasteiger partial charge >= 0.3 is 0 Å². The van der Waals surface area contributed by atoms with Gasteiger partial charge in [-0.15, -0.1) is 11.3 Å². The number of hydrogen-bond donors (Lipinski definition) is 1. The van der Waals surface area contributed by atoms with Crippen LogP contribution >= 0.6 is 11.3 Å². The van der Waals surface area contributed by atoms with E-state index < -0.39 is 0 Å². The first-order valence-electron chi connectivity index (χ1n) is 10.5. The second-order valence-electron chi connectivity index (χ2n) is 10.2. The predicted molar refractivity (Wildman–Crippen MR) is 128 cm³/mol. The first-order valence-corrected chi connectivity index (χ1v) is 11.4. The Morgan fingerprint density at radius 1 is 0.900 bits per heavy atom. The van der Waals surface area contributed by atoms with Gasteiger partial charge in [-0.2, -0.15) is 0 Å². The summed E-state index contributed by atoms with van der Waals surface area (Å²) >= 11 is 1.70. The summed E-state index contributed by atoms with van der Waals surface area (Å²) in [6.07, 6.45) is 0. The van der Waals surface area contributed by atoms with Gasteiger partial charge in [-0.25, -0.2) is 4.98 Å². The Labute approximate surface area is 185 Å². The maximum atomic E-state index is 11.0. The average Bonchev–Trinajstić information content (AvgIpc) is 3.09. The van der Waals surface area contributed by atoms with Crippen LogP contribution in [-0.4, -0.2) is 22.0 Å². The van der Waals surface area contributed by atoms with Crippen molar-refractivity contribution in [2.24, 2.45) is 0 Å². The molecular weight excluding hydrogens is 388 g/mol. The number of thiazole rings is 1. The number of phenols is 1. The molecule has 0 radical (unpaired) electrons. The summed E-state index contributed by atoms with van der Waals surface area (Å²) < 4.78 is 0. The molecule has 4 heteroatoms. The minimum absolute atomic E-state index is 0.144. The van der Waals surface area contributed by atoms with E-state index in [1.54, 1.807) is 11.3 Å². The molecule has 0 aliphatic rings. The van der Waals surface area contributed by atoms with E-state index in [1.807, 2.05) is 6.07 Å². The fourth-order valence-electron chi connectivity index (χ4n) is 3.62. The predicted octanol–water partition coefficient (Wildman–Crippen LogP) is 6.74. The number of aromatic hydroxyl groups is 1. The minimum Gasteiger partial charge on any atom is -0.507 e. The lowest BCUT2D eigenvalue weighted by Crippen LogP contribution is -2.17. The maximum Gasteiger partial charge on any atom is 0.123 e. The highest BCUT2D eigenvalue weighted by Gasteiger charge is 2.27. The Balaban J connectivity index is 1.89. The van der Waals surface area contributed by atoms with Gasteiger partial charge in [-0.3, -0.25) is 4.90 Å². The Kier molecular flexibility index (Phi) is 6.40. The van der Waals surface area contributed by atoms with Crippen LogP contribution in [-0.2, 0) is 23.9 Å². The smallest absolute Gasteiger partial charge is 0.123 e. The summed E-state index contributed by atoms with van der Waals surface area (Å²) in [4.78, 5) is 7.22. The first kappa shape index (κ1) is 22.5. The third-order valence-electron chi connectivity index (χ3n) is 5.27. The molecule has 0 aliphatic heterocycles. The van der Waals surface area contributed by atoms with Gasteiger partial charge in [0, 0.05) is 28.6 Å². The third kappa shape index (κ3) is 5.30. The van der Waals surface area contributed by atoms with Gasteiger partial charge in [0.05, 0.1) is 12.2 Å². The molecule has 0 saturated carbocycles. The van der Waals surface area contributed by atoms with E-state index >= 15 is 0 Å². The Morgan fingerprint density at radius 3 is 2.00 bits per heavy atom. The van der Waals surface area contributed by atoms with Crippen LogP contribution in [0.25, 0.3) is 11.3 Å². The molecule has 3 nitrogen and oxygen atoms in total. The molecule has 0 spiro atoms. The van der Waals surface area contributed by atoms with Crippen molar-refractivity contribution in [1.29, 1.82) is 0 Å². The van der Waals surface area contributed by atoms with Crippen molar-refractivity contribution in [2.75, 3.05) is 7.05 Å². The molecule has 0 aliphatic carbocycles. The standard InChI is InChI=1S/C26H34N2OS/c1-25(2,3)20-13-19(14-21(24(20)29)26(4,5)6)22-17-30-23(27-22)16-28(7)15-18-11-9-8-10-12-18/h8-14,17,29H,15-16H2,1-7H3. The fourth-order valence-corrected chi connectivity index (χ4v) is 4.51. The number of benzene rings is 2. The highest BCUT2D eigenvalue weighted by Crippen LogP contribution is 2.42. The molecule has 3 aromatic rings. The van der Waals surface area contributed by atoms with Crippen molar-refractivity contribution in [3.63, 3.8) is 0 Å². The van der Waals surface area contributed by atoms with Crippen LogP contribution in [0.5, 0.6) is 5.75 Å². The Bertz CT molecular complexity index is 959. The third-order valence-corrected chi connectivity index (χ3v) is 6.11. The minimum atomic E-state index is -0.144. The van der Waals surface area contributed by atoms with E-state index in [2.05, 4.69) is 95.3 Å². The normalized spacial score (nSPS) is 12.5. The molecule has 1 N–H and O–H groups in total. The van der Waals surface area contributed by atoms with Crippen LogP contribution in [0.15, 0.2) is 47.8 Å². The molecule has 0 amide bonds. The quantitative estimate of drug-likeness (QED) is 0.494. The van der Waals surface area contributed by atoms with Crippen LogP contribution in [0.2, 0.25) is 0 Å². The van der Waals surface area contributed by atoms with E-state index in [-0.39, 0.29) is 10.8 Å². The maximum absolute atomic E-state index is 11.0. The molecule has 0 bridgehead atoms.